The third-order valence-electron chi connectivity index (χ3n) is 2.91. The molecule has 0 radical (unpaired) electrons. The standard InChI is InChI=1S/C12H13BrN4/c1-7-2-3-8-10(6-7)17-11(13)9(4-5-14)16-12(17)15-8/h2-3,6H,4-5,14H2,1H3,(H,15,16). The zero-order chi connectivity index (χ0) is 12.0. The molecule has 0 saturated heterocycles. The van der Waals surface area contributed by atoms with Crippen LogP contribution in [0, 0.1) is 6.92 Å². The third-order valence-corrected chi connectivity index (χ3v) is 3.75. The molecule has 0 unspecified atom stereocenters. The highest BCUT2D eigenvalue weighted by atomic mass is 79.9. The number of aryl methyl sites for hydroxylation is 1. The number of H-pyrrole nitrogens is 1. The average molecular weight is 293 g/mol. The second-order valence-electron chi connectivity index (χ2n) is 4.20. The van der Waals surface area contributed by atoms with Gasteiger partial charge in [-0.1, -0.05) is 6.07 Å². The molecule has 5 heteroatoms. The normalized spacial score (nSPS) is 11.7. The summed E-state index contributed by atoms with van der Waals surface area (Å²) in [5.41, 5.74) is 10.0. The van der Waals surface area contributed by atoms with Gasteiger partial charge in [-0.25, -0.2) is 4.98 Å². The van der Waals surface area contributed by atoms with Gasteiger partial charge in [-0.05, 0) is 47.1 Å². The molecular weight excluding hydrogens is 280 g/mol. The summed E-state index contributed by atoms with van der Waals surface area (Å²) in [6, 6.07) is 6.25. The number of nitrogens with one attached hydrogen (secondary N) is 1. The first kappa shape index (κ1) is 10.8. The minimum Gasteiger partial charge on any atom is -0.330 e. The fourth-order valence-corrected chi connectivity index (χ4v) is 2.76. The maximum absolute atomic E-state index is 5.59. The Hall–Kier alpha value is -1.33. The Labute approximate surface area is 107 Å². The number of halogens is 1. The molecule has 3 N–H and O–H groups in total. The van der Waals surface area contributed by atoms with Crippen molar-refractivity contribution < 1.29 is 0 Å². The Morgan fingerprint density at radius 2 is 2.29 bits per heavy atom. The molecule has 0 atom stereocenters. The maximum atomic E-state index is 5.59. The zero-order valence-electron chi connectivity index (χ0n) is 9.50. The summed E-state index contributed by atoms with van der Waals surface area (Å²) < 4.78 is 3.11. The Bertz CT molecular complexity index is 695. The Balaban J connectivity index is 2.36. The van der Waals surface area contributed by atoms with Crippen LogP contribution in [0.5, 0.6) is 0 Å². The van der Waals surface area contributed by atoms with E-state index in [1.54, 1.807) is 0 Å². The predicted octanol–water partition coefficient (Wildman–Crippen LogP) is 2.39. The van der Waals surface area contributed by atoms with Crippen LogP contribution in [0.25, 0.3) is 16.8 Å². The van der Waals surface area contributed by atoms with Crippen molar-refractivity contribution in [1.29, 1.82) is 0 Å². The average Bonchev–Trinajstić information content (AvgIpc) is 2.78. The van der Waals surface area contributed by atoms with E-state index in [1.165, 1.54) is 5.56 Å². The molecule has 0 amide bonds. The second kappa shape index (κ2) is 3.85. The molecule has 2 aromatic heterocycles. The first-order valence-electron chi connectivity index (χ1n) is 5.56. The van der Waals surface area contributed by atoms with E-state index < -0.39 is 0 Å². The van der Waals surface area contributed by atoms with Crippen molar-refractivity contribution in [2.24, 2.45) is 5.73 Å². The van der Waals surface area contributed by atoms with Crippen LogP contribution in [-0.2, 0) is 6.42 Å². The van der Waals surface area contributed by atoms with Gasteiger partial charge in [0.2, 0.25) is 5.78 Å². The van der Waals surface area contributed by atoms with Crippen molar-refractivity contribution >= 4 is 32.7 Å². The van der Waals surface area contributed by atoms with Crippen molar-refractivity contribution in [1.82, 2.24) is 14.4 Å². The van der Waals surface area contributed by atoms with Gasteiger partial charge in [0.05, 0.1) is 16.7 Å². The lowest BCUT2D eigenvalue weighted by Crippen LogP contribution is -2.03. The van der Waals surface area contributed by atoms with Crippen molar-refractivity contribution in [2.75, 3.05) is 6.54 Å². The van der Waals surface area contributed by atoms with E-state index in [0.717, 1.165) is 33.5 Å². The molecule has 2 heterocycles. The summed E-state index contributed by atoms with van der Waals surface area (Å²) in [7, 11) is 0. The lowest BCUT2D eigenvalue weighted by molar-refractivity contribution is 0.928. The van der Waals surface area contributed by atoms with Crippen molar-refractivity contribution in [3.63, 3.8) is 0 Å². The van der Waals surface area contributed by atoms with E-state index in [9.17, 15) is 0 Å². The van der Waals surface area contributed by atoms with Gasteiger partial charge in [0.15, 0.2) is 0 Å². The lowest BCUT2D eigenvalue weighted by atomic mass is 10.2. The SMILES string of the molecule is Cc1ccc2nc3[nH]c(CCN)c(Br)n3c2c1. The quantitative estimate of drug-likeness (QED) is 0.762. The molecule has 3 aromatic rings. The molecule has 17 heavy (non-hydrogen) atoms. The van der Waals surface area contributed by atoms with E-state index in [1.807, 2.05) is 6.07 Å². The fourth-order valence-electron chi connectivity index (χ4n) is 2.10. The molecular formula is C12H13BrN4. The monoisotopic (exact) mass is 292 g/mol. The summed E-state index contributed by atoms with van der Waals surface area (Å²) in [6.45, 7) is 2.71. The summed E-state index contributed by atoms with van der Waals surface area (Å²) in [6.07, 6.45) is 0.817. The van der Waals surface area contributed by atoms with Crippen LogP contribution in [0.1, 0.15) is 11.3 Å². The number of rotatable bonds is 2. The highest BCUT2D eigenvalue weighted by molar-refractivity contribution is 9.10. The summed E-state index contributed by atoms with van der Waals surface area (Å²) in [4.78, 5) is 7.86. The Morgan fingerprint density at radius 3 is 3.06 bits per heavy atom. The van der Waals surface area contributed by atoms with Crippen molar-refractivity contribution in [3.8, 4) is 0 Å². The first-order chi connectivity index (χ1) is 8.20. The predicted molar refractivity (Wildman–Crippen MR) is 72.2 cm³/mol. The number of imidazole rings is 2. The Morgan fingerprint density at radius 1 is 1.47 bits per heavy atom. The molecule has 0 saturated carbocycles. The van der Waals surface area contributed by atoms with Crippen LogP contribution < -0.4 is 5.73 Å². The molecule has 0 aliphatic rings. The third kappa shape index (κ3) is 1.57. The number of hydrogen-bond donors (Lipinski definition) is 2. The molecule has 88 valence electrons. The number of nitrogens with two attached hydrogens (primary N) is 1. The zero-order valence-corrected chi connectivity index (χ0v) is 11.1. The van der Waals surface area contributed by atoms with E-state index in [0.29, 0.717) is 6.54 Å². The maximum Gasteiger partial charge on any atom is 0.213 e. The second-order valence-corrected chi connectivity index (χ2v) is 4.95. The largest absolute Gasteiger partial charge is 0.330 e. The van der Waals surface area contributed by atoms with Gasteiger partial charge in [-0.15, -0.1) is 0 Å². The molecule has 3 rings (SSSR count). The van der Waals surface area contributed by atoms with Gasteiger partial charge in [0.1, 0.15) is 4.60 Å². The number of hydrogen-bond acceptors (Lipinski definition) is 2. The number of fused-ring (bicyclic) bond motifs is 3. The smallest absolute Gasteiger partial charge is 0.213 e. The minimum atomic E-state index is 0.624. The minimum absolute atomic E-state index is 0.624. The molecule has 0 spiro atoms. The topological polar surface area (TPSA) is 59.1 Å². The van der Waals surface area contributed by atoms with Gasteiger partial charge >= 0.3 is 0 Å². The van der Waals surface area contributed by atoms with Crippen LogP contribution >= 0.6 is 15.9 Å². The number of nitrogens with zero attached hydrogens (tertiary/aromatic N) is 2. The van der Waals surface area contributed by atoms with Crippen LogP contribution in [0.4, 0.5) is 0 Å². The van der Waals surface area contributed by atoms with E-state index in [2.05, 4.69) is 49.4 Å². The summed E-state index contributed by atoms with van der Waals surface area (Å²) in [5.74, 6) is 0.862. The van der Waals surface area contributed by atoms with Crippen LogP contribution in [-0.4, -0.2) is 20.9 Å². The van der Waals surface area contributed by atoms with E-state index >= 15 is 0 Å². The van der Waals surface area contributed by atoms with Gasteiger partial charge in [0.25, 0.3) is 0 Å². The Kier molecular flexibility index (Phi) is 2.45. The highest BCUT2D eigenvalue weighted by Gasteiger charge is 2.13. The van der Waals surface area contributed by atoms with Gasteiger partial charge in [-0.2, -0.15) is 0 Å². The summed E-state index contributed by atoms with van der Waals surface area (Å²) >= 11 is 3.61. The van der Waals surface area contributed by atoms with Gasteiger partial charge in [-0.3, -0.25) is 4.40 Å². The molecule has 0 aliphatic heterocycles. The molecule has 1 aromatic carbocycles. The molecule has 0 aliphatic carbocycles. The summed E-state index contributed by atoms with van der Waals surface area (Å²) in [5, 5.41) is 0. The molecule has 0 fully saturated rings. The number of aromatic amines is 1. The van der Waals surface area contributed by atoms with E-state index in [4.69, 9.17) is 5.73 Å². The number of aromatic nitrogens is 3. The molecule has 4 nitrogen and oxygen atoms in total. The van der Waals surface area contributed by atoms with Crippen LogP contribution in [0.3, 0.4) is 0 Å². The fraction of sp³-hybridized carbons (Fsp3) is 0.250. The highest BCUT2D eigenvalue weighted by Crippen LogP contribution is 2.25. The number of benzene rings is 1. The van der Waals surface area contributed by atoms with Crippen LogP contribution in [0.15, 0.2) is 22.8 Å². The van der Waals surface area contributed by atoms with Gasteiger partial charge in [0, 0.05) is 6.42 Å². The first-order valence-corrected chi connectivity index (χ1v) is 6.35. The lowest BCUT2D eigenvalue weighted by Gasteiger charge is -1.97. The van der Waals surface area contributed by atoms with Crippen molar-refractivity contribution in [2.45, 2.75) is 13.3 Å². The van der Waals surface area contributed by atoms with Crippen LogP contribution in [0.2, 0.25) is 0 Å². The molecule has 0 bridgehead atoms. The van der Waals surface area contributed by atoms with E-state index in [-0.39, 0.29) is 0 Å². The van der Waals surface area contributed by atoms with Crippen molar-refractivity contribution in [3.05, 3.63) is 34.1 Å². The van der Waals surface area contributed by atoms with Gasteiger partial charge < -0.3 is 10.7 Å².